The smallest absolute Gasteiger partial charge is 0.224 e. The molecule has 1 aliphatic heterocycles. The molecular weight excluding hydrogens is 204 g/mol. The predicted octanol–water partition coefficient (Wildman–Crippen LogP) is 0.918. The van der Waals surface area contributed by atoms with E-state index in [4.69, 9.17) is 5.73 Å². The molecule has 86 valence electrons. The van der Waals surface area contributed by atoms with Crippen LogP contribution in [0.5, 0.6) is 5.75 Å². The molecule has 1 fully saturated rings. The molecule has 2 rings (SSSR count). The molecule has 1 aliphatic rings. The van der Waals surface area contributed by atoms with Gasteiger partial charge in [0.05, 0.1) is 12.0 Å². The Hall–Kier alpha value is -1.55. The molecule has 0 saturated carbocycles. The first-order valence-corrected chi connectivity index (χ1v) is 5.50. The summed E-state index contributed by atoms with van der Waals surface area (Å²) in [6, 6.07) is 7.01. The van der Waals surface area contributed by atoms with Crippen LogP contribution in [-0.2, 0) is 4.79 Å². The number of carbonyl (C=O) groups excluding carboxylic acids is 1. The first kappa shape index (κ1) is 11.0. The van der Waals surface area contributed by atoms with Crippen molar-refractivity contribution in [1.82, 2.24) is 5.32 Å². The summed E-state index contributed by atoms with van der Waals surface area (Å²) in [7, 11) is 0. The number of carbonyl (C=O) groups is 1. The molecule has 0 spiro atoms. The Bertz CT molecular complexity index is 392. The molecule has 0 aliphatic carbocycles. The monoisotopic (exact) mass is 220 g/mol. The second-order valence-electron chi connectivity index (χ2n) is 4.17. The van der Waals surface area contributed by atoms with E-state index in [0.29, 0.717) is 6.54 Å². The van der Waals surface area contributed by atoms with Crippen molar-refractivity contribution in [3.05, 3.63) is 29.8 Å². The molecule has 1 aromatic rings. The highest BCUT2D eigenvalue weighted by Crippen LogP contribution is 2.27. The quantitative estimate of drug-likeness (QED) is 0.693. The highest BCUT2D eigenvalue weighted by atomic mass is 16.3. The molecule has 0 bridgehead atoms. The molecule has 2 unspecified atom stereocenters. The van der Waals surface area contributed by atoms with Crippen LogP contribution in [-0.4, -0.2) is 17.6 Å². The molecule has 1 heterocycles. The molecule has 4 N–H and O–H groups in total. The summed E-state index contributed by atoms with van der Waals surface area (Å²) in [4.78, 5) is 11.6. The van der Waals surface area contributed by atoms with Gasteiger partial charge in [-0.3, -0.25) is 4.79 Å². The Labute approximate surface area is 94.5 Å². The van der Waals surface area contributed by atoms with E-state index in [2.05, 4.69) is 5.32 Å². The Morgan fingerprint density at radius 2 is 2.25 bits per heavy atom. The number of nitrogens with one attached hydrogen (secondary N) is 1. The van der Waals surface area contributed by atoms with Crippen LogP contribution in [0.15, 0.2) is 24.3 Å². The molecule has 16 heavy (non-hydrogen) atoms. The van der Waals surface area contributed by atoms with Crippen LogP contribution in [0.2, 0.25) is 0 Å². The number of aromatic hydroxyl groups is 1. The summed E-state index contributed by atoms with van der Waals surface area (Å²) < 4.78 is 0. The summed E-state index contributed by atoms with van der Waals surface area (Å²) in [5, 5.41) is 12.3. The van der Waals surface area contributed by atoms with Gasteiger partial charge in [0, 0.05) is 6.54 Å². The number of hydrogen-bond donors (Lipinski definition) is 3. The summed E-state index contributed by atoms with van der Waals surface area (Å²) in [5.41, 5.74) is 6.45. The molecule has 2 atom stereocenters. The third kappa shape index (κ3) is 2.17. The minimum absolute atomic E-state index is 0.00222. The lowest BCUT2D eigenvalue weighted by Gasteiger charge is -2.28. The zero-order valence-corrected chi connectivity index (χ0v) is 9.02. The van der Waals surface area contributed by atoms with E-state index in [1.807, 2.05) is 6.07 Å². The summed E-state index contributed by atoms with van der Waals surface area (Å²) >= 11 is 0. The maximum Gasteiger partial charge on any atom is 0.224 e. The van der Waals surface area contributed by atoms with Crippen molar-refractivity contribution in [2.45, 2.75) is 18.9 Å². The zero-order valence-electron chi connectivity index (χ0n) is 9.02. The van der Waals surface area contributed by atoms with E-state index in [0.717, 1.165) is 18.4 Å². The highest BCUT2D eigenvalue weighted by Gasteiger charge is 2.27. The maximum atomic E-state index is 11.6. The van der Waals surface area contributed by atoms with Crippen LogP contribution in [0, 0.1) is 5.92 Å². The summed E-state index contributed by atoms with van der Waals surface area (Å²) in [6.07, 6.45) is 1.68. The third-order valence-electron chi connectivity index (χ3n) is 3.05. The Morgan fingerprint density at radius 1 is 1.44 bits per heavy atom. The summed E-state index contributed by atoms with van der Waals surface area (Å²) in [6.45, 7) is 0.401. The van der Waals surface area contributed by atoms with Crippen LogP contribution in [0.25, 0.3) is 0 Å². The Morgan fingerprint density at radius 3 is 2.88 bits per heavy atom. The van der Waals surface area contributed by atoms with Gasteiger partial charge in [0.15, 0.2) is 0 Å². The van der Waals surface area contributed by atoms with Crippen LogP contribution in [0.1, 0.15) is 24.4 Å². The Kier molecular flexibility index (Phi) is 3.10. The van der Waals surface area contributed by atoms with Crippen molar-refractivity contribution in [3.63, 3.8) is 0 Å². The van der Waals surface area contributed by atoms with Gasteiger partial charge in [-0.15, -0.1) is 0 Å². The normalized spacial score (nSPS) is 25.2. The SMILES string of the molecule is NCC1CCC(c2cccc(O)c2)NC1=O. The largest absolute Gasteiger partial charge is 0.508 e. The van der Waals surface area contributed by atoms with Crippen molar-refractivity contribution in [2.24, 2.45) is 11.7 Å². The first-order chi connectivity index (χ1) is 7.70. The van der Waals surface area contributed by atoms with Gasteiger partial charge in [-0.05, 0) is 30.5 Å². The average molecular weight is 220 g/mol. The number of rotatable bonds is 2. The lowest BCUT2D eigenvalue weighted by atomic mass is 9.90. The number of phenolic OH excluding ortho intramolecular Hbond substituents is 1. The van der Waals surface area contributed by atoms with Crippen molar-refractivity contribution < 1.29 is 9.90 Å². The molecule has 1 saturated heterocycles. The van der Waals surface area contributed by atoms with E-state index in [1.54, 1.807) is 18.2 Å². The van der Waals surface area contributed by atoms with Crippen molar-refractivity contribution in [1.29, 1.82) is 0 Å². The predicted molar refractivity (Wildman–Crippen MR) is 60.8 cm³/mol. The molecule has 4 nitrogen and oxygen atoms in total. The van der Waals surface area contributed by atoms with Crippen molar-refractivity contribution in [3.8, 4) is 5.75 Å². The van der Waals surface area contributed by atoms with E-state index in [-0.39, 0.29) is 23.6 Å². The molecular formula is C12H16N2O2. The van der Waals surface area contributed by atoms with E-state index < -0.39 is 0 Å². The lowest BCUT2D eigenvalue weighted by molar-refractivity contribution is -0.127. The van der Waals surface area contributed by atoms with Gasteiger partial charge in [-0.2, -0.15) is 0 Å². The topological polar surface area (TPSA) is 75.3 Å². The fraction of sp³-hybridized carbons (Fsp3) is 0.417. The van der Waals surface area contributed by atoms with Crippen LogP contribution >= 0.6 is 0 Å². The zero-order chi connectivity index (χ0) is 11.5. The highest BCUT2D eigenvalue weighted by molar-refractivity contribution is 5.80. The number of benzene rings is 1. The average Bonchev–Trinajstić information content (AvgIpc) is 2.29. The van der Waals surface area contributed by atoms with Gasteiger partial charge in [0.2, 0.25) is 5.91 Å². The fourth-order valence-electron chi connectivity index (χ4n) is 2.08. The minimum atomic E-state index is -0.0615. The van der Waals surface area contributed by atoms with Crippen LogP contribution in [0.3, 0.4) is 0 Å². The van der Waals surface area contributed by atoms with Gasteiger partial charge in [0.1, 0.15) is 5.75 Å². The second-order valence-corrected chi connectivity index (χ2v) is 4.17. The lowest BCUT2D eigenvalue weighted by Crippen LogP contribution is -2.41. The van der Waals surface area contributed by atoms with Gasteiger partial charge in [-0.25, -0.2) is 0 Å². The van der Waals surface area contributed by atoms with Gasteiger partial charge < -0.3 is 16.2 Å². The maximum absolute atomic E-state index is 11.6. The summed E-state index contributed by atoms with van der Waals surface area (Å²) in [5.74, 6) is 0.184. The van der Waals surface area contributed by atoms with Crippen molar-refractivity contribution >= 4 is 5.91 Å². The molecule has 0 radical (unpaired) electrons. The Balaban J connectivity index is 2.10. The first-order valence-electron chi connectivity index (χ1n) is 5.50. The number of piperidine rings is 1. The molecule has 1 amide bonds. The van der Waals surface area contributed by atoms with Crippen LogP contribution in [0.4, 0.5) is 0 Å². The van der Waals surface area contributed by atoms with E-state index >= 15 is 0 Å². The standard InChI is InChI=1S/C12H16N2O2/c13-7-9-4-5-11(14-12(9)16)8-2-1-3-10(15)6-8/h1-3,6,9,11,15H,4-5,7,13H2,(H,14,16). The number of nitrogens with two attached hydrogens (primary N) is 1. The fourth-order valence-corrected chi connectivity index (χ4v) is 2.08. The molecule has 4 heteroatoms. The minimum Gasteiger partial charge on any atom is -0.508 e. The van der Waals surface area contributed by atoms with Gasteiger partial charge in [0.25, 0.3) is 0 Å². The number of amides is 1. The number of hydrogen-bond acceptors (Lipinski definition) is 3. The third-order valence-corrected chi connectivity index (χ3v) is 3.05. The second kappa shape index (κ2) is 4.53. The van der Waals surface area contributed by atoms with Gasteiger partial charge in [-0.1, -0.05) is 12.1 Å². The van der Waals surface area contributed by atoms with Crippen molar-refractivity contribution in [2.75, 3.05) is 6.54 Å². The van der Waals surface area contributed by atoms with Crippen LogP contribution < -0.4 is 11.1 Å². The molecule has 0 aromatic heterocycles. The van der Waals surface area contributed by atoms with E-state index in [9.17, 15) is 9.90 Å². The van der Waals surface area contributed by atoms with Gasteiger partial charge >= 0.3 is 0 Å². The molecule has 1 aromatic carbocycles. The van der Waals surface area contributed by atoms with E-state index in [1.165, 1.54) is 0 Å². The number of phenols is 1.